The molecule has 28 heavy (non-hydrogen) atoms. The molecule has 6 nitrogen and oxygen atoms in total. The second-order valence-electron chi connectivity index (χ2n) is 5.35. The summed E-state index contributed by atoms with van der Waals surface area (Å²) in [4.78, 5) is 23.3. The molecule has 0 bridgehead atoms. The van der Waals surface area contributed by atoms with Crippen LogP contribution in [0.1, 0.15) is 5.56 Å². The molecule has 0 saturated carbocycles. The SMILES string of the molecule is COC(=O)/C=C/c1ccc(OCC(=O)Nc2c(Cl)cc(Cl)cc2Cl)c(OC)c1. The smallest absolute Gasteiger partial charge is 0.330 e. The number of ether oxygens (including phenoxy) is 3. The van der Waals surface area contributed by atoms with E-state index in [0.29, 0.717) is 22.1 Å². The molecule has 9 heteroatoms. The highest BCUT2D eigenvalue weighted by atomic mass is 35.5. The molecule has 1 amide bonds. The van der Waals surface area contributed by atoms with Crippen molar-refractivity contribution in [3.63, 3.8) is 0 Å². The maximum Gasteiger partial charge on any atom is 0.330 e. The third kappa shape index (κ3) is 6.05. The highest BCUT2D eigenvalue weighted by Crippen LogP contribution is 2.34. The summed E-state index contributed by atoms with van der Waals surface area (Å²) >= 11 is 17.9. The fraction of sp³-hybridized carbons (Fsp3) is 0.158. The van der Waals surface area contributed by atoms with Crippen LogP contribution in [0.15, 0.2) is 36.4 Å². The van der Waals surface area contributed by atoms with Crippen molar-refractivity contribution in [2.24, 2.45) is 0 Å². The molecule has 0 aliphatic heterocycles. The molecule has 0 atom stereocenters. The topological polar surface area (TPSA) is 73.9 Å². The van der Waals surface area contributed by atoms with Crippen LogP contribution in [0.5, 0.6) is 11.5 Å². The predicted octanol–water partition coefficient (Wildman–Crippen LogP) is 4.86. The number of nitrogens with one attached hydrogen (secondary N) is 1. The Morgan fingerprint density at radius 1 is 1.04 bits per heavy atom. The Kier molecular flexibility index (Phi) is 7.99. The molecule has 0 aliphatic carbocycles. The van der Waals surface area contributed by atoms with Crippen LogP contribution in [0.4, 0.5) is 5.69 Å². The summed E-state index contributed by atoms with van der Waals surface area (Å²) < 4.78 is 15.3. The van der Waals surface area contributed by atoms with Crippen molar-refractivity contribution in [3.05, 3.63) is 57.0 Å². The standard InChI is InChI=1S/C19H16Cl3NO5/c1-26-16-7-11(4-6-18(25)27-2)3-5-15(16)28-10-17(24)23-19-13(21)8-12(20)9-14(19)22/h3-9H,10H2,1-2H3,(H,23,24)/b6-4+. The Morgan fingerprint density at radius 2 is 1.71 bits per heavy atom. The number of methoxy groups -OCH3 is 2. The van der Waals surface area contributed by atoms with E-state index in [1.807, 2.05) is 0 Å². The number of amides is 1. The lowest BCUT2D eigenvalue weighted by Gasteiger charge is -2.13. The minimum absolute atomic E-state index is 0.213. The monoisotopic (exact) mass is 443 g/mol. The van der Waals surface area contributed by atoms with Gasteiger partial charge in [0.1, 0.15) is 0 Å². The van der Waals surface area contributed by atoms with Gasteiger partial charge in [-0.05, 0) is 35.9 Å². The maximum atomic E-state index is 12.2. The van der Waals surface area contributed by atoms with E-state index in [-0.39, 0.29) is 22.3 Å². The molecule has 2 rings (SSSR count). The molecule has 0 aromatic heterocycles. The Balaban J connectivity index is 2.04. The zero-order valence-corrected chi connectivity index (χ0v) is 17.2. The van der Waals surface area contributed by atoms with E-state index >= 15 is 0 Å². The summed E-state index contributed by atoms with van der Waals surface area (Å²) in [6, 6.07) is 7.90. The van der Waals surface area contributed by atoms with E-state index in [1.165, 1.54) is 32.4 Å². The van der Waals surface area contributed by atoms with Gasteiger partial charge in [0.05, 0.1) is 30.0 Å². The van der Waals surface area contributed by atoms with Gasteiger partial charge in [-0.3, -0.25) is 4.79 Å². The van der Waals surface area contributed by atoms with Gasteiger partial charge < -0.3 is 19.5 Å². The quantitative estimate of drug-likeness (QED) is 0.488. The van der Waals surface area contributed by atoms with Crippen molar-refractivity contribution in [1.29, 1.82) is 0 Å². The van der Waals surface area contributed by atoms with Crippen molar-refractivity contribution in [2.45, 2.75) is 0 Å². The van der Waals surface area contributed by atoms with E-state index in [1.54, 1.807) is 24.3 Å². The normalized spacial score (nSPS) is 10.6. The van der Waals surface area contributed by atoms with Gasteiger partial charge in [-0.15, -0.1) is 0 Å². The molecule has 0 saturated heterocycles. The van der Waals surface area contributed by atoms with Crippen LogP contribution in [-0.4, -0.2) is 32.7 Å². The van der Waals surface area contributed by atoms with Gasteiger partial charge in [0.25, 0.3) is 5.91 Å². The van der Waals surface area contributed by atoms with Crippen molar-refractivity contribution in [1.82, 2.24) is 0 Å². The second-order valence-corrected chi connectivity index (χ2v) is 6.60. The second kappa shape index (κ2) is 10.2. The Labute approximate surface area is 176 Å². The Morgan fingerprint density at radius 3 is 2.32 bits per heavy atom. The van der Waals surface area contributed by atoms with Crippen LogP contribution in [0.25, 0.3) is 6.08 Å². The number of esters is 1. The summed E-state index contributed by atoms with van der Waals surface area (Å²) in [6.45, 7) is -0.303. The molecule has 0 unspecified atom stereocenters. The zero-order valence-electron chi connectivity index (χ0n) is 14.9. The highest BCUT2D eigenvalue weighted by molar-refractivity contribution is 6.42. The molecule has 148 valence electrons. The molecule has 0 spiro atoms. The van der Waals surface area contributed by atoms with Crippen molar-refractivity contribution in [2.75, 3.05) is 26.1 Å². The Bertz CT molecular complexity index is 891. The zero-order chi connectivity index (χ0) is 20.7. The van der Waals surface area contributed by atoms with E-state index in [4.69, 9.17) is 44.3 Å². The first kappa shape index (κ1) is 21.9. The van der Waals surface area contributed by atoms with Gasteiger partial charge in [-0.25, -0.2) is 4.79 Å². The van der Waals surface area contributed by atoms with Crippen LogP contribution < -0.4 is 14.8 Å². The number of halogens is 3. The van der Waals surface area contributed by atoms with Crippen LogP contribution >= 0.6 is 34.8 Å². The molecule has 2 aromatic rings. The number of hydrogen-bond donors (Lipinski definition) is 1. The largest absolute Gasteiger partial charge is 0.493 e. The fourth-order valence-corrected chi connectivity index (χ4v) is 3.03. The van der Waals surface area contributed by atoms with E-state index in [0.717, 1.165) is 0 Å². The molecule has 2 aromatic carbocycles. The molecule has 0 fully saturated rings. The first-order chi connectivity index (χ1) is 13.3. The number of anilines is 1. The molecule has 0 radical (unpaired) electrons. The highest BCUT2D eigenvalue weighted by Gasteiger charge is 2.13. The molecular weight excluding hydrogens is 429 g/mol. The lowest BCUT2D eigenvalue weighted by molar-refractivity contribution is -0.134. The minimum atomic E-state index is -0.476. The van der Waals surface area contributed by atoms with Gasteiger partial charge >= 0.3 is 5.97 Å². The van der Waals surface area contributed by atoms with Crippen LogP contribution in [0.3, 0.4) is 0 Å². The van der Waals surface area contributed by atoms with Crippen molar-refractivity contribution >= 4 is 58.4 Å². The lowest BCUT2D eigenvalue weighted by Crippen LogP contribution is -2.20. The Hall–Kier alpha value is -2.41. The number of carbonyl (C=O) groups is 2. The van der Waals surface area contributed by atoms with Crippen LogP contribution in [0.2, 0.25) is 15.1 Å². The fourth-order valence-electron chi connectivity index (χ4n) is 2.12. The third-order valence-corrected chi connectivity index (χ3v) is 4.25. The number of benzene rings is 2. The summed E-state index contributed by atoms with van der Waals surface area (Å²) in [5.41, 5.74) is 0.940. The first-order valence-electron chi connectivity index (χ1n) is 7.85. The van der Waals surface area contributed by atoms with Crippen LogP contribution in [0, 0.1) is 0 Å². The van der Waals surface area contributed by atoms with Gasteiger partial charge in [-0.1, -0.05) is 40.9 Å². The summed E-state index contributed by atoms with van der Waals surface area (Å²) in [6.07, 6.45) is 2.84. The lowest BCUT2D eigenvalue weighted by atomic mass is 10.2. The average molecular weight is 445 g/mol. The predicted molar refractivity (Wildman–Crippen MR) is 110 cm³/mol. The van der Waals surface area contributed by atoms with Gasteiger partial charge in [0, 0.05) is 11.1 Å². The van der Waals surface area contributed by atoms with E-state index in [9.17, 15) is 9.59 Å². The number of rotatable bonds is 7. The number of carbonyl (C=O) groups excluding carboxylic acids is 2. The van der Waals surface area contributed by atoms with Gasteiger partial charge in [0.2, 0.25) is 0 Å². The van der Waals surface area contributed by atoms with E-state index in [2.05, 4.69) is 10.1 Å². The molecule has 0 heterocycles. The first-order valence-corrected chi connectivity index (χ1v) is 8.98. The molecular formula is C19H16Cl3NO5. The van der Waals surface area contributed by atoms with Crippen molar-refractivity contribution in [3.8, 4) is 11.5 Å². The number of hydrogen-bond acceptors (Lipinski definition) is 5. The van der Waals surface area contributed by atoms with Crippen LogP contribution in [-0.2, 0) is 14.3 Å². The van der Waals surface area contributed by atoms with Crippen molar-refractivity contribution < 1.29 is 23.8 Å². The molecule has 1 N–H and O–H groups in total. The minimum Gasteiger partial charge on any atom is -0.493 e. The van der Waals surface area contributed by atoms with Gasteiger partial charge in [0.15, 0.2) is 18.1 Å². The van der Waals surface area contributed by atoms with E-state index < -0.39 is 11.9 Å². The summed E-state index contributed by atoms with van der Waals surface area (Å²) in [7, 11) is 2.75. The summed E-state index contributed by atoms with van der Waals surface area (Å²) in [5.74, 6) is -0.207. The molecule has 0 aliphatic rings. The summed E-state index contributed by atoms with van der Waals surface area (Å²) in [5, 5.41) is 3.36. The third-order valence-electron chi connectivity index (χ3n) is 3.43. The average Bonchev–Trinajstić information content (AvgIpc) is 2.67. The van der Waals surface area contributed by atoms with Gasteiger partial charge in [-0.2, -0.15) is 0 Å². The maximum absolute atomic E-state index is 12.2.